The monoisotopic (exact) mass is 335 g/mol. The van der Waals surface area contributed by atoms with Gasteiger partial charge in [0.1, 0.15) is 0 Å². The Morgan fingerprint density at radius 1 is 1.12 bits per heavy atom. The van der Waals surface area contributed by atoms with Gasteiger partial charge in [-0.25, -0.2) is 4.79 Å². The van der Waals surface area contributed by atoms with E-state index in [2.05, 4.69) is 24.8 Å². The lowest BCUT2D eigenvalue weighted by atomic mass is 9.83. The molecule has 25 heavy (non-hydrogen) atoms. The Morgan fingerprint density at radius 3 is 2.44 bits per heavy atom. The van der Waals surface area contributed by atoms with Gasteiger partial charge in [-0.05, 0) is 47.6 Å². The first kappa shape index (κ1) is 17.0. The molecule has 1 aliphatic heterocycles. The predicted molar refractivity (Wildman–Crippen MR) is 98.7 cm³/mol. The number of hydrogen-bond donors (Lipinski definition) is 0. The number of fused-ring (bicyclic) bond motifs is 1. The van der Waals surface area contributed by atoms with E-state index in [-0.39, 0.29) is 17.2 Å². The van der Waals surface area contributed by atoms with Crippen molar-refractivity contribution >= 4 is 17.4 Å². The zero-order valence-corrected chi connectivity index (χ0v) is 14.9. The SMILES string of the molecule is COC(=O)c1ccc2c(c1)C(C)(C)/C(=C\C=C1C=CC(=O)C=C1)N2C. The molecule has 1 aromatic rings. The molecule has 128 valence electrons. The van der Waals surface area contributed by atoms with Crippen LogP contribution in [0.1, 0.15) is 29.8 Å². The van der Waals surface area contributed by atoms with Gasteiger partial charge < -0.3 is 9.64 Å². The Bertz CT molecular complexity index is 851. The van der Waals surface area contributed by atoms with Gasteiger partial charge >= 0.3 is 5.97 Å². The number of benzene rings is 1. The third-order valence-electron chi connectivity index (χ3n) is 4.77. The molecular weight excluding hydrogens is 314 g/mol. The van der Waals surface area contributed by atoms with Gasteiger partial charge in [-0.1, -0.05) is 32.1 Å². The summed E-state index contributed by atoms with van der Waals surface area (Å²) >= 11 is 0. The van der Waals surface area contributed by atoms with Gasteiger partial charge in [-0.3, -0.25) is 4.79 Å². The summed E-state index contributed by atoms with van der Waals surface area (Å²) in [5.41, 5.74) is 4.57. The largest absolute Gasteiger partial charge is 0.465 e. The number of rotatable bonds is 2. The molecule has 1 aliphatic carbocycles. The number of methoxy groups -OCH3 is 1. The van der Waals surface area contributed by atoms with Crippen molar-refractivity contribution in [1.29, 1.82) is 0 Å². The summed E-state index contributed by atoms with van der Waals surface area (Å²) in [5.74, 6) is -0.325. The van der Waals surface area contributed by atoms with Crippen LogP contribution in [0.3, 0.4) is 0 Å². The average Bonchev–Trinajstić information content (AvgIpc) is 2.80. The van der Waals surface area contributed by atoms with Crippen LogP contribution in [0.5, 0.6) is 0 Å². The number of ether oxygens (including phenoxy) is 1. The first-order valence-corrected chi connectivity index (χ1v) is 8.14. The first-order valence-electron chi connectivity index (χ1n) is 8.14. The van der Waals surface area contributed by atoms with E-state index in [9.17, 15) is 9.59 Å². The molecule has 0 amide bonds. The quantitative estimate of drug-likeness (QED) is 0.773. The summed E-state index contributed by atoms with van der Waals surface area (Å²) in [6.45, 7) is 4.27. The third kappa shape index (κ3) is 2.95. The van der Waals surface area contributed by atoms with Crippen LogP contribution in [-0.2, 0) is 14.9 Å². The zero-order chi connectivity index (χ0) is 18.2. The molecule has 0 fully saturated rings. The molecule has 0 bridgehead atoms. The van der Waals surface area contributed by atoms with Crippen molar-refractivity contribution in [3.05, 3.63) is 77.1 Å². The average molecular weight is 335 g/mol. The van der Waals surface area contributed by atoms with Crippen LogP contribution in [-0.4, -0.2) is 25.9 Å². The molecule has 0 atom stereocenters. The number of ketones is 1. The van der Waals surface area contributed by atoms with E-state index in [1.807, 2.05) is 37.4 Å². The highest BCUT2D eigenvalue weighted by Crippen LogP contribution is 2.47. The number of esters is 1. The van der Waals surface area contributed by atoms with Gasteiger partial charge in [0.2, 0.25) is 0 Å². The highest BCUT2D eigenvalue weighted by atomic mass is 16.5. The van der Waals surface area contributed by atoms with Crippen molar-refractivity contribution in [2.24, 2.45) is 0 Å². The van der Waals surface area contributed by atoms with Crippen LogP contribution in [0.2, 0.25) is 0 Å². The minimum atomic E-state index is -0.331. The van der Waals surface area contributed by atoms with Crippen molar-refractivity contribution in [2.45, 2.75) is 19.3 Å². The second-order valence-electron chi connectivity index (χ2n) is 6.70. The first-order chi connectivity index (χ1) is 11.8. The number of hydrogen-bond acceptors (Lipinski definition) is 4. The molecule has 4 heteroatoms. The number of anilines is 1. The molecule has 0 saturated carbocycles. The second-order valence-corrected chi connectivity index (χ2v) is 6.70. The fourth-order valence-corrected chi connectivity index (χ4v) is 3.34. The summed E-state index contributed by atoms with van der Waals surface area (Å²) in [6, 6.07) is 5.65. The summed E-state index contributed by atoms with van der Waals surface area (Å²) in [6.07, 6.45) is 10.8. The molecule has 3 rings (SSSR count). The molecule has 0 radical (unpaired) electrons. The van der Waals surface area contributed by atoms with Gasteiger partial charge in [0.15, 0.2) is 5.78 Å². The summed E-state index contributed by atoms with van der Waals surface area (Å²) < 4.78 is 4.83. The van der Waals surface area contributed by atoms with E-state index in [1.165, 1.54) is 7.11 Å². The molecule has 2 aliphatic rings. The molecule has 0 aromatic heterocycles. The third-order valence-corrected chi connectivity index (χ3v) is 4.77. The number of likely N-dealkylation sites (N-methyl/N-ethyl adjacent to an activating group) is 1. The van der Waals surface area contributed by atoms with Gasteiger partial charge in [-0.2, -0.15) is 0 Å². The second kappa shape index (κ2) is 6.20. The molecule has 0 saturated heterocycles. The molecule has 1 heterocycles. The van der Waals surface area contributed by atoms with E-state index < -0.39 is 0 Å². The van der Waals surface area contributed by atoms with Crippen molar-refractivity contribution in [2.75, 3.05) is 19.1 Å². The number of allylic oxidation sites excluding steroid dienone is 8. The molecule has 0 spiro atoms. The lowest BCUT2D eigenvalue weighted by Gasteiger charge is -2.23. The van der Waals surface area contributed by atoms with Crippen LogP contribution in [0.15, 0.2) is 65.9 Å². The standard InChI is InChI=1S/C21H21NO3/c1-21(2)17-13-15(20(24)25-4)8-11-18(17)22(3)19(21)12-7-14-5-9-16(23)10-6-14/h5-13H,1-4H3/b19-12+. The molecule has 1 aromatic carbocycles. The van der Waals surface area contributed by atoms with Crippen molar-refractivity contribution in [3.8, 4) is 0 Å². The number of carbonyl (C=O) groups excluding carboxylic acids is 2. The fourth-order valence-electron chi connectivity index (χ4n) is 3.34. The Balaban J connectivity index is 2.00. The number of nitrogens with zero attached hydrogens (tertiary/aromatic N) is 1. The van der Waals surface area contributed by atoms with Crippen LogP contribution < -0.4 is 4.90 Å². The maximum atomic E-state index is 11.8. The van der Waals surface area contributed by atoms with Gasteiger partial charge in [0, 0.05) is 23.8 Å². The number of carbonyl (C=O) groups is 2. The normalized spacial score (nSPS) is 19.4. The predicted octanol–water partition coefficient (Wildman–Crippen LogP) is 3.71. The molecular formula is C21H21NO3. The smallest absolute Gasteiger partial charge is 0.337 e. The van der Waals surface area contributed by atoms with E-state index in [0.717, 1.165) is 22.5 Å². The lowest BCUT2D eigenvalue weighted by molar-refractivity contribution is -0.110. The Kier molecular flexibility index (Phi) is 4.21. The highest BCUT2D eigenvalue weighted by Gasteiger charge is 2.38. The van der Waals surface area contributed by atoms with Crippen LogP contribution >= 0.6 is 0 Å². The van der Waals surface area contributed by atoms with Crippen molar-refractivity contribution < 1.29 is 14.3 Å². The maximum absolute atomic E-state index is 11.8. The fraction of sp³-hybridized carbons (Fsp3) is 0.238. The molecule has 0 N–H and O–H groups in total. The Morgan fingerprint density at radius 2 is 1.80 bits per heavy atom. The van der Waals surface area contributed by atoms with Crippen LogP contribution in [0, 0.1) is 0 Å². The summed E-state index contributed by atoms with van der Waals surface area (Å²) in [5, 5.41) is 0. The van der Waals surface area contributed by atoms with Crippen LogP contribution in [0.25, 0.3) is 0 Å². The van der Waals surface area contributed by atoms with E-state index in [1.54, 1.807) is 18.2 Å². The van der Waals surface area contributed by atoms with Crippen molar-refractivity contribution in [1.82, 2.24) is 0 Å². The Hall–Kier alpha value is -2.88. The highest BCUT2D eigenvalue weighted by molar-refractivity contribution is 6.01. The van der Waals surface area contributed by atoms with Gasteiger partial charge in [-0.15, -0.1) is 0 Å². The minimum absolute atomic E-state index is 0.00543. The van der Waals surface area contributed by atoms with Gasteiger partial charge in [0.25, 0.3) is 0 Å². The topological polar surface area (TPSA) is 46.6 Å². The zero-order valence-electron chi connectivity index (χ0n) is 14.9. The van der Waals surface area contributed by atoms with Crippen LogP contribution in [0.4, 0.5) is 5.69 Å². The van der Waals surface area contributed by atoms with E-state index in [4.69, 9.17) is 4.74 Å². The van der Waals surface area contributed by atoms with E-state index in [0.29, 0.717) is 5.56 Å². The Labute approximate surface area is 147 Å². The minimum Gasteiger partial charge on any atom is -0.465 e. The van der Waals surface area contributed by atoms with Gasteiger partial charge in [0.05, 0.1) is 12.7 Å². The summed E-state index contributed by atoms with van der Waals surface area (Å²) in [4.78, 5) is 25.2. The lowest BCUT2D eigenvalue weighted by Crippen LogP contribution is -2.22. The van der Waals surface area contributed by atoms with Crippen molar-refractivity contribution in [3.63, 3.8) is 0 Å². The summed E-state index contributed by atoms with van der Waals surface area (Å²) in [7, 11) is 3.41. The molecule has 4 nitrogen and oxygen atoms in total. The molecule has 0 unspecified atom stereocenters. The van der Waals surface area contributed by atoms with E-state index >= 15 is 0 Å². The maximum Gasteiger partial charge on any atom is 0.337 e.